The number of ether oxygens (including phenoxy) is 1. The van der Waals surface area contributed by atoms with E-state index in [-0.39, 0.29) is 11.8 Å². The van der Waals surface area contributed by atoms with Crippen molar-refractivity contribution >= 4 is 17.9 Å². The second kappa shape index (κ2) is 8.29. The molecule has 1 aromatic rings. The predicted octanol–water partition coefficient (Wildman–Crippen LogP) is 1.31. The van der Waals surface area contributed by atoms with Crippen molar-refractivity contribution in [1.82, 2.24) is 19.6 Å². The van der Waals surface area contributed by atoms with E-state index in [0.29, 0.717) is 25.9 Å². The van der Waals surface area contributed by atoms with Gasteiger partial charge < -0.3 is 14.5 Å². The van der Waals surface area contributed by atoms with Crippen molar-refractivity contribution in [3.05, 3.63) is 24.0 Å². The van der Waals surface area contributed by atoms with Gasteiger partial charge in [0.05, 0.1) is 11.3 Å². The molecule has 0 unspecified atom stereocenters. The van der Waals surface area contributed by atoms with Crippen molar-refractivity contribution in [2.24, 2.45) is 7.05 Å². The minimum atomic E-state index is -0.444. The van der Waals surface area contributed by atoms with Gasteiger partial charge in [0.1, 0.15) is 0 Å². The van der Waals surface area contributed by atoms with E-state index in [9.17, 15) is 9.59 Å². The number of aromatic nitrogens is 2. The molecule has 1 aliphatic rings. The van der Waals surface area contributed by atoms with Gasteiger partial charge in [0.2, 0.25) is 11.8 Å². The van der Waals surface area contributed by atoms with Crippen molar-refractivity contribution in [2.45, 2.75) is 31.3 Å². The van der Waals surface area contributed by atoms with Gasteiger partial charge in [-0.2, -0.15) is 5.10 Å². The summed E-state index contributed by atoms with van der Waals surface area (Å²) in [6, 6.07) is 1.85. The van der Waals surface area contributed by atoms with E-state index in [4.69, 9.17) is 4.74 Å². The zero-order valence-corrected chi connectivity index (χ0v) is 15.6. The highest BCUT2D eigenvalue weighted by Gasteiger charge is 2.37. The van der Waals surface area contributed by atoms with Crippen LogP contribution in [-0.2, 0) is 21.4 Å². The van der Waals surface area contributed by atoms with Crippen molar-refractivity contribution in [3.8, 4) is 0 Å². The number of hydrogen-bond acceptors (Lipinski definition) is 4. The fraction of sp³-hybridized carbons (Fsp3) is 0.611. The van der Waals surface area contributed by atoms with E-state index < -0.39 is 5.60 Å². The maximum absolute atomic E-state index is 12.5. The number of piperidine rings is 1. The molecular weight excluding hydrogens is 320 g/mol. The van der Waals surface area contributed by atoms with Gasteiger partial charge >= 0.3 is 0 Å². The molecule has 1 aliphatic heterocycles. The Morgan fingerprint density at radius 1 is 1.44 bits per heavy atom. The van der Waals surface area contributed by atoms with E-state index >= 15 is 0 Å². The molecule has 0 aliphatic carbocycles. The number of rotatable bonds is 6. The first-order valence-corrected chi connectivity index (χ1v) is 8.57. The minimum Gasteiger partial charge on any atom is -0.376 e. The van der Waals surface area contributed by atoms with Crippen LogP contribution < -0.4 is 0 Å². The molecule has 138 valence electrons. The number of likely N-dealkylation sites (tertiary alicyclic amines) is 1. The number of methoxy groups -OCH3 is 1. The average Bonchev–Trinajstić information content (AvgIpc) is 3.02. The molecule has 2 amide bonds. The molecule has 2 heterocycles. The molecule has 1 fully saturated rings. The molecule has 0 saturated carbocycles. The van der Waals surface area contributed by atoms with Crippen LogP contribution in [-0.4, -0.2) is 71.3 Å². The van der Waals surface area contributed by atoms with Gasteiger partial charge in [0.15, 0.2) is 0 Å². The smallest absolute Gasteiger partial charge is 0.246 e. The normalized spacial score (nSPS) is 20.9. The van der Waals surface area contributed by atoms with Crippen LogP contribution in [0.3, 0.4) is 0 Å². The van der Waals surface area contributed by atoms with Crippen LogP contribution in [0.15, 0.2) is 18.3 Å². The number of carbonyl (C=O) groups is 2. The lowest BCUT2D eigenvalue weighted by molar-refractivity contribution is -0.138. The summed E-state index contributed by atoms with van der Waals surface area (Å²) in [4.78, 5) is 27.8. The number of carbonyl (C=O) groups excluding carboxylic acids is 2. The van der Waals surface area contributed by atoms with Crippen molar-refractivity contribution in [1.29, 1.82) is 0 Å². The third-order valence-electron chi connectivity index (χ3n) is 4.83. The van der Waals surface area contributed by atoms with E-state index in [1.165, 1.54) is 0 Å². The molecule has 1 atom stereocenters. The van der Waals surface area contributed by atoms with Crippen molar-refractivity contribution in [3.63, 3.8) is 0 Å². The largest absolute Gasteiger partial charge is 0.376 e. The molecule has 0 radical (unpaired) electrons. The lowest BCUT2D eigenvalue weighted by Gasteiger charge is -2.41. The SMILES string of the molecule is CO[C@@]1(CCC(=O)N(C)C)CCCN(C(=O)/C=C/c2ccnn2C)C1. The number of amides is 2. The van der Waals surface area contributed by atoms with Crippen LogP contribution >= 0.6 is 0 Å². The van der Waals surface area contributed by atoms with Crippen LogP contribution in [0, 0.1) is 0 Å². The zero-order valence-electron chi connectivity index (χ0n) is 15.6. The Morgan fingerprint density at radius 2 is 2.20 bits per heavy atom. The number of hydrogen-bond donors (Lipinski definition) is 0. The average molecular weight is 348 g/mol. The summed E-state index contributed by atoms with van der Waals surface area (Å²) in [7, 11) is 7.01. The van der Waals surface area contributed by atoms with E-state index in [2.05, 4.69) is 5.10 Å². The Kier molecular flexibility index (Phi) is 6.36. The first-order valence-electron chi connectivity index (χ1n) is 8.57. The van der Waals surface area contributed by atoms with E-state index in [1.807, 2.05) is 13.1 Å². The molecule has 0 N–H and O–H groups in total. The summed E-state index contributed by atoms with van der Waals surface area (Å²) in [6.07, 6.45) is 7.82. The molecular formula is C18H28N4O3. The van der Waals surface area contributed by atoms with Crippen molar-refractivity contribution < 1.29 is 14.3 Å². The first kappa shape index (κ1) is 19.2. The Bertz CT molecular complexity index is 638. The third kappa shape index (κ3) is 4.92. The van der Waals surface area contributed by atoms with Gasteiger partial charge in [-0.15, -0.1) is 0 Å². The second-order valence-corrected chi connectivity index (χ2v) is 6.75. The monoisotopic (exact) mass is 348 g/mol. The van der Waals surface area contributed by atoms with Crippen LogP contribution in [0.25, 0.3) is 6.08 Å². The fourth-order valence-electron chi connectivity index (χ4n) is 3.13. The molecule has 7 nitrogen and oxygen atoms in total. The highest BCUT2D eigenvalue weighted by Crippen LogP contribution is 2.29. The molecule has 7 heteroatoms. The van der Waals surface area contributed by atoms with E-state index in [0.717, 1.165) is 18.5 Å². The third-order valence-corrected chi connectivity index (χ3v) is 4.83. The Morgan fingerprint density at radius 3 is 2.80 bits per heavy atom. The number of aryl methyl sites for hydroxylation is 1. The Hall–Kier alpha value is -2.15. The van der Waals surface area contributed by atoms with Crippen molar-refractivity contribution in [2.75, 3.05) is 34.3 Å². The maximum Gasteiger partial charge on any atom is 0.246 e. The standard InChI is InChI=1S/C18H28N4O3/c1-20(2)16(23)8-11-18(25-4)10-5-13-22(14-18)17(24)7-6-15-9-12-19-21(15)3/h6-7,9,12H,5,8,10-11,13-14H2,1-4H3/b7-6+/t18-/m1/s1. The van der Waals surface area contributed by atoms with Gasteiger partial charge in [-0.1, -0.05) is 0 Å². The summed E-state index contributed by atoms with van der Waals surface area (Å²) in [6.45, 7) is 1.22. The lowest BCUT2D eigenvalue weighted by Crippen LogP contribution is -2.51. The van der Waals surface area contributed by atoms with E-state index in [1.54, 1.807) is 54.0 Å². The maximum atomic E-state index is 12.5. The molecule has 0 spiro atoms. The Labute approximate surface area is 149 Å². The lowest BCUT2D eigenvalue weighted by atomic mass is 9.87. The molecule has 1 aromatic heterocycles. The highest BCUT2D eigenvalue weighted by molar-refractivity contribution is 5.91. The van der Waals surface area contributed by atoms with Crippen LogP contribution in [0.5, 0.6) is 0 Å². The molecule has 1 saturated heterocycles. The summed E-state index contributed by atoms with van der Waals surface area (Å²) < 4.78 is 7.47. The van der Waals surface area contributed by atoms with Crippen LogP contribution in [0.2, 0.25) is 0 Å². The van der Waals surface area contributed by atoms with Gasteiger partial charge in [0.25, 0.3) is 0 Å². The zero-order chi connectivity index (χ0) is 18.4. The molecule has 2 rings (SSSR count). The van der Waals surface area contributed by atoms with Gasteiger partial charge in [-0.25, -0.2) is 0 Å². The fourth-order valence-corrected chi connectivity index (χ4v) is 3.13. The quantitative estimate of drug-likeness (QED) is 0.727. The van der Waals surface area contributed by atoms with Crippen LogP contribution in [0.4, 0.5) is 0 Å². The van der Waals surface area contributed by atoms with Gasteiger partial charge in [-0.05, 0) is 31.4 Å². The highest BCUT2D eigenvalue weighted by atomic mass is 16.5. The van der Waals surface area contributed by atoms with Gasteiger partial charge in [-0.3, -0.25) is 14.3 Å². The summed E-state index contributed by atoms with van der Waals surface area (Å²) in [5.74, 6) is 0.0391. The Balaban J connectivity index is 2.00. The molecule has 0 bridgehead atoms. The summed E-state index contributed by atoms with van der Waals surface area (Å²) >= 11 is 0. The minimum absolute atomic E-state index is 0.0405. The van der Waals surface area contributed by atoms with Crippen LogP contribution in [0.1, 0.15) is 31.4 Å². The number of nitrogens with zero attached hydrogens (tertiary/aromatic N) is 4. The topological polar surface area (TPSA) is 67.7 Å². The summed E-state index contributed by atoms with van der Waals surface area (Å²) in [5.41, 5.74) is 0.430. The predicted molar refractivity (Wildman–Crippen MR) is 95.7 cm³/mol. The molecule has 25 heavy (non-hydrogen) atoms. The molecule has 0 aromatic carbocycles. The summed E-state index contributed by atoms with van der Waals surface area (Å²) in [5, 5.41) is 4.08. The second-order valence-electron chi connectivity index (χ2n) is 6.75. The van der Waals surface area contributed by atoms with Gasteiger partial charge in [0, 0.05) is 60.0 Å². The first-order chi connectivity index (χ1) is 11.9.